The Kier molecular flexibility index (Phi) is 2.29. The Hall–Kier alpha value is -1.39. The van der Waals surface area contributed by atoms with Crippen molar-refractivity contribution in [3.8, 4) is 0 Å². The van der Waals surface area contributed by atoms with E-state index in [0.717, 1.165) is 5.56 Å². The molecular formula is C11H13F3N2. The zero-order chi connectivity index (χ0) is 12.0. The lowest BCUT2D eigenvalue weighted by molar-refractivity contribution is -0.151. The van der Waals surface area contributed by atoms with E-state index in [-0.39, 0.29) is 12.8 Å². The second-order valence-electron chi connectivity index (χ2n) is 4.24. The van der Waals surface area contributed by atoms with Crippen LogP contribution in [0.2, 0.25) is 0 Å². The summed E-state index contributed by atoms with van der Waals surface area (Å²) >= 11 is 0. The highest BCUT2D eigenvalue weighted by atomic mass is 19.4. The molecule has 0 saturated heterocycles. The fraction of sp³-hybridized carbons (Fsp3) is 0.455. The van der Waals surface area contributed by atoms with Crippen LogP contribution in [0.25, 0.3) is 0 Å². The van der Waals surface area contributed by atoms with Crippen LogP contribution in [0.5, 0.6) is 0 Å². The van der Waals surface area contributed by atoms with Gasteiger partial charge in [0.05, 0.1) is 11.4 Å². The Morgan fingerprint density at radius 1 is 1.31 bits per heavy atom. The number of anilines is 2. The number of aryl methyl sites for hydroxylation is 1. The standard InChI is InChI=1S/C11H13F3N2/c1-7-3-2-4-8(15)9(7)16-10(5-6-10)11(12,13)14/h2-4,16H,5-6,15H2,1H3. The molecule has 3 N–H and O–H groups in total. The Labute approximate surface area is 91.6 Å². The van der Waals surface area contributed by atoms with E-state index in [0.29, 0.717) is 11.4 Å². The second kappa shape index (κ2) is 3.30. The number of halogens is 3. The van der Waals surface area contributed by atoms with Gasteiger partial charge in [-0.1, -0.05) is 12.1 Å². The summed E-state index contributed by atoms with van der Waals surface area (Å²) in [6, 6.07) is 5.07. The first kappa shape index (κ1) is 11.1. The Bertz CT molecular complexity index is 388. The third-order valence-corrected chi connectivity index (χ3v) is 2.96. The van der Waals surface area contributed by atoms with Gasteiger partial charge in [-0.2, -0.15) is 13.2 Å². The van der Waals surface area contributed by atoms with Crippen molar-refractivity contribution in [1.82, 2.24) is 0 Å². The molecule has 0 unspecified atom stereocenters. The number of nitrogens with two attached hydrogens (primary N) is 1. The van der Waals surface area contributed by atoms with Crippen molar-refractivity contribution >= 4 is 11.4 Å². The van der Waals surface area contributed by atoms with E-state index in [2.05, 4.69) is 5.32 Å². The number of para-hydroxylation sites is 1. The molecule has 1 aromatic rings. The number of benzene rings is 1. The third kappa shape index (κ3) is 1.70. The average Bonchev–Trinajstić information content (AvgIpc) is 2.91. The molecule has 5 heteroatoms. The fourth-order valence-corrected chi connectivity index (χ4v) is 1.70. The highest BCUT2D eigenvalue weighted by molar-refractivity contribution is 5.71. The number of hydrogen-bond donors (Lipinski definition) is 2. The van der Waals surface area contributed by atoms with Crippen molar-refractivity contribution in [2.24, 2.45) is 0 Å². The Morgan fingerprint density at radius 2 is 1.94 bits per heavy atom. The zero-order valence-corrected chi connectivity index (χ0v) is 8.86. The summed E-state index contributed by atoms with van der Waals surface area (Å²) in [5.74, 6) is 0. The van der Waals surface area contributed by atoms with Crippen molar-refractivity contribution in [1.29, 1.82) is 0 Å². The second-order valence-corrected chi connectivity index (χ2v) is 4.24. The molecule has 2 nitrogen and oxygen atoms in total. The van der Waals surface area contributed by atoms with Crippen LogP contribution >= 0.6 is 0 Å². The van der Waals surface area contributed by atoms with E-state index in [1.807, 2.05) is 0 Å². The molecule has 1 aliphatic carbocycles. The third-order valence-electron chi connectivity index (χ3n) is 2.96. The van der Waals surface area contributed by atoms with Crippen molar-refractivity contribution in [3.63, 3.8) is 0 Å². The molecule has 0 radical (unpaired) electrons. The fourth-order valence-electron chi connectivity index (χ4n) is 1.70. The molecule has 0 atom stereocenters. The van der Waals surface area contributed by atoms with E-state index in [4.69, 9.17) is 5.73 Å². The van der Waals surface area contributed by atoms with Gasteiger partial charge < -0.3 is 11.1 Å². The monoisotopic (exact) mass is 230 g/mol. The van der Waals surface area contributed by atoms with Crippen LogP contribution in [0.3, 0.4) is 0 Å². The van der Waals surface area contributed by atoms with Gasteiger partial charge in [0.2, 0.25) is 0 Å². The Morgan fingerprint density at radius 3 is 2.38 bits per heavy atom. The van der Waals surface area contributed by atoms with Crippen molar-refractivity contribution in [3.05, 3.63) is 23.8 Å². The summed E-state index contributed by atoms with van der Waals surface area (Å²) in [4.78, 5) is 0. The van der Waals surface area contributed by atoms with Gasteiger partial charge in [0.25, 0.3) is 0 Å². The predicted molar refractivity (Wildman–Crippen MR) is 57.2 cm³/mol. The molecule has 0 heterocycles. The number of hydrogen-bond acceptors (Lipinski definition) is 2. The lowest BCUT2D eigenvalue weighted by Crippen LogP contribution is -2.39. The van der Waals surface area contributed by atoms with Crippen molar-refractivity contribution in [2.45, 2.75) is 31.5 Å². The minimum absolute atomic E-state index is 0.115. The SMILES string of the molecule is Cc1cccc(N)c1NC1(C(F)(F)F)CC1. The highest BCUT2D eigenvalue weighted by Crippen LogP contribution is 2.52. The van der Waals surface area contributed by atoms with Gasteiger partial charge in [-0.3, -0.25) is 0 Å². The first-order valence-corrected chi connectivity index (χ1v) is 5.06. The van der Waals surface area contributed by atoms with Crippen LogP contribution < -0.4 is 11.1 Å². The quantitative estimate of drug-likeness (QED) is 0.766. The van der Waals surface area contributed by atoms with Gasteiger partial charge >= 0.3 is 6.18 Å². The van der Waals surface area contributed by atoms with E-state index >= 15 is 0 Å². The molecule has 1 aromatic carbocycles. The summed E-state index contributed by atoms with van der Waals surface area (Å²) in [7, 11) is 0. The lowest BCUT2D eigenvalue weighted by Gasteiger charge is -2.24. The molecule has 0 spiro atoms. The van der Waals surface area contributed by atoms with Crippen LogP contribution in [-0.4, -0.2) is 11.7 Å². The van der Waals surface area contributed by atoms with E-state index in [1.54, 1.807) is 25.1 Å². The molecule has 0 bridgehead atoms. The summed E-state index contributed by atoms with van der Waals surface area (Å²) in [6.07, 6.45) is -3.99. The summed E-state index contributed by atoms with van der Waals surface area (Å²) in [5.41, 5.74) is 5.40. The van der Waals surface area contributed by atoms with Gasteiger partial charge in [0.15, 0.2) is 0 Å². The number of nitrogen functional groups attached to an aromatic ring is 1. The molecule has 0 amide bonds. The molecule has 1 fully saturated rings. The highest BCUT2D eigenvalue weighted by Gasteiger charge is 2.63. The molecule has 1 saturated carbocycles. The summed E-state index contributed by atoms with van der Waals surface area (Å²) in [6.45, 7) is 1.74. The van der Waals surface area contributed by atoms with Gasteiger partial charge in [-0.25, -0.2) is 0 Å². The van der Waals surface area contributed by atoms with Gasteiger partial charge in [-0.05, 0) is 31.4 Å². The summed E-state index contributed by atoms with van der Waals surface area (Å²) in [5, 5.41) is 2.56. The van der Waals surface area contributed by atoms with E-state index < -0.39 is 11.7 Å². The molecular weight excluding hydrogens is 217 g/mol. The topological polar surface area (TPSA) is 38.0 Å². The number of rotatable bonds is 2. The predicted octanol–water partition coefficient (Wildman–Crippen LogP) is 3.08. The summed E-state index contributed by atoms with van der Waals surface area (Å²) < 4.78 is 38.2. The largest absolute Gasteiger partial charge is 0.411 e. The van der Waals surface area contributed by atoms with Crippen LogP contribution in [0.4, 0.5) is 24.5 Å². The molecule has 0 aromatic heterocycles. The average molecular weight is 230 g/mol. The molecule has 1 aliphatic rings. The minimum atomic E-state index is -4.22. The Balaban J connectivity index is 2.29. The minimum Gasteiger partial charge on any atom is -0.397 e. The number of nitrogens with one attached hydrogen (secondary N) is 1. The van der Waals surface area contributed by atoms with Gasteiger partial charge in [-0.15, -0.1) is 0 Å². The van der Waals surface area contributed by atoms with Crippen LogP contribution in [0.1, 0.15) is 18.4 Å². The normalized spacial score (nSPS) is 18.2. The lowest BCUT2D eigenvalue weighted by atomic mass is 10.1. The van der Waals surface area contributed by atoms with E-state index in [1.165, 1.54) is 0 Å². The smallest absolute Gasteiger partial charge is 0.397 e. The maximum Gasteiger partial charge on any atom is 0.411 e. The molecule has 88 valence electrons. The molecule has 16 heavy (non-hydrogen) atoms. The van der Waals surface area contributed by atoms with Gasteiger partial charge in [0.1, 0.15) is 5.54 Å². The van der Waals surface area contributed by atoms with Crippen LogP contribution in [0.15, 0.2) is 18.2 Å². The van der Waals surface area contributed by atoms with Crippen molar-refractivity contribution in [2.75, 3.05) is 11.1 Å². The first-order chi connectivity index (χ1) is 7.36. The van der Waals surface area contributed by atoms with Crippen molar-refractivity contribution < 1.29 is 13.2 Å². The maximum atomic E-state index is 12.7. The van der Waals surface area contributed by atoms with Crippen LogP contribution in [-0.2, 0) is 0 Å². The van der Waals surface area contributed by atoms with Crippen LogP contribution in [0, 0.1) is 6.92 Å². The first-order valence-electron chi connectivity index (χ1n) is 5.06. The van der Waals surface area contributed by atoms with Gasteiger partial charge in [0, 0.05) is 0 Å². The number of alkyl halides is 3. The zero-order valence-electron chi connectivity index (χ0n) is 8.86. The van der Waals surface area contributed by atoms with E-state index in [9.17, 15) is 13.2 Å². The molecule has 0 aliphatic heterocycles. The maximum absolute atomic E-state index is 12.7. The molecule has 2 rings (SSSR count).